The molecule has 2 heterocycles. The number of nitrogens with two attached hydrogens (primary N) is 1. The number of amides is 1. The highest BCUT2D eigenvalue weighted by Crippen LogP contribution is 2.29. The Morgan fingerprint density at radius 2 is 2.11 bits per heavy atom. The lowest BCUT2D eigenvalue weighted by atomic mass is 10.0. The summed E-state index contributed by atoms with van der Waals surface area (Å²) in [5.41, 5.74) is 5.97. The lowest BCUT2D eigenvalue weighted by molar-refractivity contribution is -0.123. The van der Waals surface area contributed by atoms with Crippen LogP contribution in [0.15, 0.2) is 17.5 Å². The second kappa shape index (κ2) is 5.61. The summed E-state index contributed by atoms with van der Waals surface area (Å²) in [7, 11) is 0. The minimum Gasteiger partial charge on any atom is -0.352 e. The molecule has 1 aromatic rings. The zero-order valence-electron chi connectivity index (χ0n) is 11.0. The molecule has 0 aromatic carbocycles. The van der Waals surface area contributed by atoms with E-state index in [2.05, 4.69) is 10.2 Å². The van der Waals surface area contributed by atoms with Crippen molar-refractivity contribution >= 4 is 17.2 Å². The number of hydrogen-bond donors (Lipinski definition) is 2. The van der Waals surface area contributed by atoms with Crippen LogP contribution in [0.25, 0.3) is 0 Å². The number of rotatable bonds is 4. The molecule has 104 valence electrons. The molecule has 1 saturated carbocycles. The molecule has 1 aromatic heterocycles. The second-order valence-corrected chi connectivity index (χ2v) is 6.52. The van der Waals surface area contributed by atoms with Gasteiger partial charge >= 0.3 is 0 Å². The Labute approximate surface area is 118 Å². The number of nitrogens with zero attached hydrogens (tertiary/aromatic N) is 1. The minimum atomic E-state index is -0.513. The molecule has 1 atom stereocenters. The van der Waals surface area contributed by atoms with E-state index < -0.39 is 6.04 Å². The average molecular weight is 279 g/mol. The fourth-order valence-electron chi connectivity index (χ4n) is 2.74. The molecule has 0 spiro atoms. The van der Waals surface area contributed by atoms with Gasteiger partial charge in [0.2, 0.25) is 5.91 Å². The first-order chi connectivity index (χ1) is 9.24. The van der Waals surface area contributed by atoms with Crippen LogP contribution in [-0.4, -0.2) is 36.0 Å². The Bertz CT molecular complexity index is 422. The maximum atomic E-state index is 12.1. The van der Waals surface area contributed by atoms with Crippen molar-refractivity contribution in [3.63, 3.8) is 0 Å². The topological polar surface area (TPSA) is 58.4 Å². The molecule has 3 N–H and O–H groups in total. The molecular weight excluding hydrogens is 258 g/mol. The monoisotopic (exact) mass is 279 g/mol. The maximum absolute atomic E-state index is 12.1. The minimum absolute atomic E-state index is 0.0349. The van der Waals surface area contributed by atoms with E-state index in [1.54, 1.807) is 0 Å². The van der Waals surface area contributed by atoms with Crippen LogP contribution in [0, 0.1) is 0 Å². The highest BCUT2D eigenvalue weighted by Gasteiger charge is 2.32. The van der Waals surface area contributed by atoms with Gasteiger partial charge < -0.3 is 16.0 Å². The van der Waals surface area contributed by atoms with Gasteiger partial charge in [-0.05, 0) is 37.1 Å². The molecule has 1 aliphatic heterocycles. The van der Waals surface area contributed by atoms with E-state index in [4.69, 9.17) is 5.73 Å². The zero-order chi connectivity index (χ0) is 13.2. The third-order valence-corrected chi connectivity index (χ3v) is 5.03. The normalized spacial score (nSPS) is 23.2. The van der Waals surface area contributed by atoms with Crippen molar-refractivity contribution in [2.45, 2.75) is 43.8 Å². The smallest absolute Gasteiger partial charge is 0.242 e. The van der Waals surface area contributed by atoms with Gasteiger partial charge in [0.25, 0.3) is 0 Å². The average Bonchev–Trinajstić information content (AvgIpc) is 3.13. The second-order valence-electron chi connectivity index (χ2n) is 5.54. The van der Waals surface area contributed by atoms with Crippen molar-refractivity contribution in [3.8, 4) is 0 Å². The molecule has 19 heavy (non-hydrogen) atoms. The number of likely N-dealkylation sites (tertiary alicyclic amines) is 1. The van der Waals surface area contributed by atoms with Crippen LogP contribution in [0.2, 0.25) is 0 Å². The molecule has 1 saturated heterocycles. The lowest BCUT2D eigenvalue weighted by Gasteiger charge is -2.32. The van der Waals surface area contributed by atoms with Crippen molar-refractivity contribution in [2.75, 3.05) is 13.1 Å². The van der Waals surface area contributed by atoms with E-state index in [0.717, 1.165) is 36.9 Å². The molecule has 1 aliphatic carbocycles. The lowest BCUT2D eigenvalue weighted by Crippen LogP contribution is -2.47. The first-order valence-electron chi connectivity index (χ1n) is 7.07. The van der Waals surface area contributed by atoms with Gasteiger partial charge in [-0.15, -0.1) is 11.3 Å². The van der Waals surface area contributed by atoms with Gasteiger partial charge in [-0.3, -0.25) is 4.79 Å². The Balaban J connectivity index is 1.47. The van der Waals surface area contributed by atoms with Crippen molar-refractivity contribution in [1.29, 1.82) is 0 Å². The Kier molecular flexibility index (Phi) is 3.86. The summed E-state index contributed by atoms with van der Waals surface area (Å²) >= 11 is 1.54. The molecule has 5 heteroatoms. The van der Waals surface area contributed by atoms with Crippen LogP contribution in [0.5, 0.6) is 0 Å². The fraction of sp³-hybridized carbons (Fsp3) is 0.643. The van der Waals surface area contributed by atoms with Gasteiger partial charge in [-0.1, -0.05) is 6.07 Å². The summed E-state index contributed by atoms with van der Waals surface area (Å²) in [5, 5.41) is 5.06. The van der Waals surface area contributed by atoms with Crippen LogP contribution < -0.4 is 11.1 Å². The molecule has 4 nitrogen and oxygen atoms in total. The van der Waals surface area contributed by atoms with Gasteiger partial charge in [0.05, 0.1) is 0 Å². The maximum Gasteiger partial charge on any atom is 0.242 e. The molecule has 1 unspecified atom stereocenters. The highest BCUT2D eigenvalue weighted by molar-refractivity contribution is 7.10. The molecule has 0 radical (unpaired) electrons. The van der Waals surface area contributed by atoms with Crippen LogP contribution in [0.3, 0.4) is 0 Å². The van der Waals surface area contributed by atoms with E-state index in [0.29, 0.717) is 6.04 Å². The predicted molar refractivity (Wildman–Crippen MR) is 77.0 cm³/mol. The summed E-state index contributed by atoms with van der Waals surface area (Å²) in [6.45, 7) is 2.23. The van der Waals surface area contributed by atoms with E-state index in [1.807, 2.05) is 17.5 Å². The van der Waals surface area contributed by atoms with Crippen molar-refractivity contribution in [2.24, 2.45) is 5.73 Å². The summed E-state index contributed by atoms with van der Waals surface area (Å²) in [6.07, 6.45) is 4.83. The first-order valence-corrected chi connectivity index (χ1v) is 7.95. The summed E-state index contributed by atoms with van der Waals surface area (Å²) < 4.78 is 0. The highest BCUT2D eigenvalue weighted by atomic mass is 32.1. The molecule has 3 rings (SSSR count). The largest absolute Gasteiger partial charge is 0.352 e. The fourth-order valence-corrected chi connectivity index (χ4v) is 3.46. The Hall–Kier alpha value is -0.910. The number of carbonyl (C=O) groups is 1. The quantitative estimate of drug-likeness (QED) is 0.878. The molecule has 2 aliphatic rings. The van der Waals surface area contributed by atoms with Crippen LogP contribution in [0.4, 0.5) is 0 Å². The molecular formula is C14H21N3OS. The summed E-state index contributed by atoms with van der Waals surface area (Å²) in [6, 6.07) is 4.48. The van der Waals surface area contributed by atoms with Gasteiger partial charge in [0.1, 0.15) is 6.04 Å². The van der Waals surface area contributed by atoms with Gasteiger partial charge in [-0.2, -0.15) is 0 Å². The number of piperidine rings is 1. The van der Waals surface area contributed by atoms with E-state index in [-0.39, 0.29) is 5.91 Å². The number of thiophene rings is 1. The standard InChI is InChI=1S/C14H21N3OS/c15-13(12-2-1-9-19-12)14(18)16-10-5-7-17(8-6-10)11-3-4-11/h1-2,9-11,13H,3-8,15H2,(H,16,18). The Morgan fingerprint density at radius 1 is 1.37 bits per heavy atom. The third-order valence-electron chi connectivity index (χ3n) is 4.07. The van der Waals surface area contributed by atoms with Crippen LogP contribution in [0.1, 0.15) is 36.6 Å². The SMILES string of the molecule is NC(C(=O)NC1CCN(C2CC2)CC1)c1cccs1. The van der Waals surface area contributed by atoms with E-state index in [9.17, 15) is 4.79 Å². The van der Waals surface area contributed by atoms with Gasteiger partial charge in [-0.25, -0.2) is 0 Å². The summed E-state index contributed by atoms with van der Waals surface area (Å²) in [4.78, 5) is 15.6. The molecule has 1 amide bonds. The van der Waals surface area contributed by atoms with E-state index in [1.165, 1.54) is 24.2 Å². The van der Waals surface area contributed by atoms with Crippen LogP contribution >= 0.6 is 11.3 Å². The predicted octanol–water partition coefficient (Wildman–Crippen LogP) is 1.49. The number of hydrogen-bond acceptors (Lipinski definition) is 4. The molecule has 2 fully saturated rings. The van der Waals surface area contributed by atoms with E-state index >= 15 is 0 Å². The third kappa shape index (κ3) is 3.16. The first kappa shape index (κ1) is 13.1. The summed E-state index contributed by atoms with van der Waals surface area (Å²) in [5.74, 6) is -0.0349. The van der Waals surface area contributed by atoms with Crippen molar-refractivity contribution < 1.29 is 4.79 Å². The van der Waals surface area contributed by atoms with Gasteiger partial charge in [0, 0.05) is 30.1 Å². The van der Waals surface area contributed by atoms with Crippen molar-refractivity contribution in [1.82, 2.24) is 10.2 Å². The van der Waals surface area contributed by atoms with Gasteiger partial charge in [0.15, 0.2) is 0 Å². The van der Waals surface area contributed by atoms with Crippen LogP contribution in [-0.2, 0) is 4.79 Å². The van der Waals surface area contributed by atoms with Crippen molar-refractivity contribution in [3.05, 3.63) is 22.4 Å². The Morgan fingerprint density at radius 3 is 2.68 bits per heavy atom. The number of nitrogens with one attached hydrogen (secondary N) is 1. The zero-order valence-corrected chi connectivity index (χ0v) is 11.9. The molecule has 0 bridgehead atoms. The number of carbonyl (C=O) groups excluding carboxylic acids is 1.